The average Bonchev–Trinajstić information content (AvgIpc) is 3.27. The number of piperazine rings is 1. The fraction of sp³-hybridized carbons (Fsp3) is 0.450. The van der Waals surface area contributed by atoms with E-state index in [0.717, 1.165) is 50.0 Å². The number of amides is 1. The average molecular weight is 420 g/mol. The van der Waals surface area contributed by atoms with Crippen LogP contribution in [-0.2, 0) is 16.6 Å². The minimum atomic E-state index is -3.67. The quantitative estimate of drug-likeness (QED) is 0.646. The van der Waals surface area contributed by atoms with E-state index in [9.17, 15) is 13.2 Å². The third kappa shape index (κ3) is 4.00. The first-order valence-electron chi connectivity index (χ1n) is 9.69. The van der Waals surface area contributed by atoms with Crippen molar-refractivity contribution < 1.29 is 13.2 Å². The number of thiophene rings is 1. The summed E-state index contributed by atoms with van der Waals surface area (Å²) in [5, 5.41) is 2.12. The molecule has 0 N–H and O–H groups in total. The van der Waals surface area contributed by atoms with Gasteiger partial charge in [-0.1, -0.05) is 18.2 Å². The zero-order valence-corrected chi connectivity index (χ0v) is 17.4. The van der Waals surface area contributed by atoms with Gasteiger partial charge in [0.25, 0.3) is 15.9 Å². The molecule has 1 aromatic heterocycles. The molecule has 8 heteroatoms. The molecule has 150 valence electrons. The lowest BCUT2D eigenvalue weighted by Crippen LogP contribution is -2.46. The molecule has 1 saturated heterocycles. The standard InChI is InChI=1S/C20H25N3O3S2/c24-20-18-7-1-2-8-19(18)28(25,26)23(20)10-4-3-9-21-11-13-22(14-12-21)16-17-6-5-15-27-17/h1-2,5-8,15H,3-4,9-14,16H2. The summed E-state index contributed by atoms with van der Waals surface area (Å²) in [6.07, 6.45) is 1.58. The Balaban J connectivity index is 1.20. The minimum absolute atomic E-state index is 0.141. The summed E-state index contributed by atoms with van der Waals surface area (Å²) in [6, 6.07) is 10.7. The monoisotopic (exact) mass is 419 g/mol. The third-order valence-corrected chi connectivity index (χ3v) is 8.12. The van der Waals surface area contributed by atoms with Gasteiger partial charge in [-0.05, 0) is 43.0 Å². The molecule has 0 saturated carbocycles. The summed E-state index contributed by atoms with van der Waals surface area (Å²) in [6.45, 7) is 6.44. The van der Waals surface area contributed by atoms with Gasteiger partial charge < -0.3 is 4.90 Å². The van der Waals surface area contributed by atoms with Crippen LogP contribution in [0.1, 0.15) is 28.1 Å². The second-order valence-corrected chi connectivity index (χ2v) is 10.1. The topological polar surface area (TPSA) is 60.9 Å². The highest BCUT2D eigenvalue weighted by Crippen LogP contribution is 2.30. The van der Waals surface area contributed by atoms with Crippen molar-refractivity contribution in [3.63, 3.8) is 0 Å². The van der Waals surface area contributed by atoms with Crippen LogP contribution in [0.3, 0.4) is 0 Å². The van der Waals surface area contributed by atoms with Crippen LogP contribution in [0.2, 0.25) is 0 Å². The fourth-order valence-corrected chi connectivity index (χ4v) is 6.19. The molecule has 2 aliphatic rings. The predicted molar refractivity (Wildman–Crippen MR) is 110 cm³/mol. The molecule has 0 aliphatic carbocycles. The van der Waals surface area contributed by atoms with Gasteiger partial charge in [-0.25, -0.2) is 12.7 Å². The van der Waals surface area contributed by atoms with Gasteiger partial charge in [0.05, 0.1) is 5.56 Å². The van der Waals surface area contributed by atoms with E-state index in [0.29, 0.717) is 12.0 Å². The smallest absolute Gasteiger partial charge is 0.269 e. The van der Waals surface area contributed by atoms with Crippen LogP contribution in [-0.4, -0.2) is 67.7 Å². The molecule has 6 nitrogen and oxygen atoms in total. The summed E-state index contributed by atoms with van der Waals surface area (Å²) in [7, 11) is -3.67. The maximum absolute atomic E-state index is 12.5. The van der Waals surface area contributed by atoms with E-state index in [-0.39, 0.29) is 11.4 Å². The van der Waals surface area contributed by atoms with E-state index in [1.54, 1.807) is 29.5 Å². The fourth-order valence-electron chi connectivity index (χ4n) is 3.84. The Morgan fingerprint density at radius 1 is 0.893 bits per heavy atom. The molecule has 3 heterocycles. The molecule has 0 spiro atoms. The van der Waals surface area contributed by atoms with E-state index >= 15 is 0 Å². The van der Waals surface area contributed by atoms with Crippen LogP contribution in [0, 0.1) is 0 Å². The molecular weight excluding hydrogens is 394 g/mol. The van der Waals surface area contributed by atoms with Crippen molar-refractivity contribution in [1.82, 2.24) is 14.1 Å². The lowest BCUT2D eigenvalue weighted by Gasteiger charge is -2.34. The Kier molecular flexibility index (Phi) is 5.82. The zero-order chi connectivity index (χ0) is 19.6. The van der Waals surface area contributed by atoms with Gasteiger partial charge in [-0.15, -0.1) is 11.3 Å². The highest BCUT2D eigenvalue weighted by atomic mass is 32.2. The number of sulfonamides is 1. The van der Waals surface area contributed by atoms with Gasteiger partial charge in [-0.3, -0.25) is 9.69 Å². The molecule has 28 heavy (non-hydrogen) atoms. The van der Waals surface area contributed by atoms with Crippen molar-refractivity contribution in [2.45, 2.75) is 24.3 Å². The highest BCUT2D eigenvalue weighted by Gasteiger charge is 2.40. The van der Waals surface area contributed by atoms with E-state index in [1.807, 2.05) is 0 Å². The molecule has 2 aromatic rings. The van der Waals surface area contributed by atoms with Crippen LogP contribution >= 0.6 is 11.3 Å². The van der Waals surface area contributed by atoms with Gasteiger partial charge in [-0.2, -0.15) is 0 Å². The molecule has 1 amide bonds. The normalized spacial score (nSPS) is 19.9. The van der Waals surface area contributed by atoms with E-state index < -0.39 is 15.9 Å². The van der Waals surface area contributed by atoms with Gasteiger partial charge >= 0.3 is 0 Å². The zero-order valence-electron chi connectivity index (χ0n) is 15.8. The molecular formula is C20H25N3O3S2. The van der Waals surface area contributed by atoms with Crippen molar-refractivity contribution in [3.8, 4) is 0 Å². The van der Waals surface area contributed by atoms with Crippen molar-refractivity contribution >= 4 is 27.3 Å². The maximum atomic E-state index is 12.5. The van der Waals surface area contributed by atoms with Gasteiger partial charge in [0.1, 0.15) is 4.90 Å². The Labute approximate surface area is 170 Å². The first-order valence-corrected chi connectivity index (χ1v) is 12.0. The Hall–Kier alpha value is -1.74. The number of unbranched alkanes of at least 4 members (excludes halogenated alkanes) is 1. The predicted octanol–water partition coefficient (Wildman–Crippen LogP) is 2.49. The van der Waals surface area contributed by atoms with Gasteiger partial charge in [0.2, 0.25) is 0 Å². The number of rotatable bonds is 7. The molecule has 1 fully saturated rings. The Morgan fingerprint density at radius 2 is 1.61 bits per heavy atom. The summed E-state index contributed by atoms with van der Waals surface area (Å²) in [4.78, 5) is 18.9. The summed E-state index contributed by atoms with van der Waals surface area (Å²) in [5.74, 6) is -0.391. The molecule has 4 rings (SSSR count). The lowest BCUT2D eigenvalue weighted by molar-refractivity contribution is 0.0866. The molecule has 0 atom stereocenters. The van der Waals surface area contributed by atoms with Crippen LogP contribution in [0.4, 0.5) is 0 Å². The number of hydrogen-bond donors (Lipinski definition) is 0. The van der Waals surface area contributed by atoms with Crippen molar-refractivity contribution in [1.29, 1.82) is 0 Å². The molecule has 1 aromatic carbocycles. The second kappa shape index (κ2) is 8.32. The summed E-state index contributed by atoms with van der Waals surface area (Å²) in [5.41, 5.74) is 0.296. The van der Waals surface area contributed by atoms with Crippen LogP contribution < -0.4 is 0 Å². The van der Waals surface area contributed by atoms with Crippen molar-refractivity contribution in [2.75, 3.05) is 39.3 Å². The molecule has 0 unspecified atom stereocenters. The molecule has 0 radical (unpaired) electrons. The van der Waals surface area contributed by atoms with Crippen LogP contribution in [0.5, 0.6) is 0 Å². The number of carbonyl (C=O) groups is 1. The van der Waals surface area contributed by atoms with Crippen LogP contribution in [0.15, 0.2) is 46.7 Å². The molecule has 2 aliphatic heterocycles. The Morgan fingerprint density at radius 3 is 2.32 bits per heavy atom. The largest absolute Gasteiger partial charge is 0.301 e. The van der Waals surface area contributed by atoms with Gasteiger partial charge in [0, 0.05) is 44.1 Å². The van der Waals surface area contributed by atoms with E-state index in [1.165, 1.54) is 10.9 Å². The maximum Gasteiger partial charge on any atom is 0.269 e. The number of fused-ring (bicyclic) bond motifs is 1. The first kappa shape index (κ1) is 19.6. The first-order chi connectivity index (χ1) is 13.6. The number of nitrogens with zero attached hydrogens (tertiary/aromatic N) is 3. The summed E-state index contributed by atoms with van der Waals surface area (Å²) < 4.78 is 26.1. The number of benzene rings is 1. The van der Waals surface area contributed by atoms with Gasteiger partial charge in [0.15, 0.2) is 0 Å². The van der Waals surface area contributed by atoms with Crippen molar-refractivity contribution in [2.24, 2.45) is 0 Å². The molecule has 0 bridgehead atoms. The lowest BCUT2D eigenvalue weighted by atomic mass is 10.2. The van der Waals surface area contributed by atoms with E-state index in [2.05, 4.69) is 27.3 Å². The minimum Gasteiger partial charge on any atom is -0.301 e. The highest BCUT2D eigenvalue weighted by molar-refractivity contribution is 7.90. The van der Waals surface area contributed by atoms with Crippen LogP contribution in [0.25, 0.3) is 0 Å². The third-order valence-electron chi connectivity index (χ3n) is 5.42. The second-order valence-electron chi connectivity index (χ2n) is 7.28. The number of carbonyl (C=O) groups excluding carboxylic acids is 1. The van der Waals surface area contributed by atoms with E-state index in [4.69, 9.17) is 0 Å². The van der Waals surface area contributed by atoms with Crippen molar-refractivity contribution in [3.05, 3.63) is 52.2 Å². The SMILES string of the molecule is O=C1c2ccccc2S(=O)(=O)N1CCCCN1CCN(Cc2cccs2)CC1. The Bertz CT molecular complexity index is 920. The number of hydrogen-bond acceptors (Lipinski definition) is 6. The summed E-state index contributed by atoms with van der Waals surface area (Å²) >= 11 is 1.81.